The maximum absolute atomic E-state index is 4.16. The third-order valence-electron chi connectivity index (χ3n) is 5.47. The second kappa shape index (κ2) is 7.33. The largest absolute Gasteiger partial charge is 0.371 e. The van der Waals surface area contributed by atoms with Gasteiger partial charge in [-0.1, -0.05) is 48.8 Å². The molecule has 1 nitrogen and oxygen atoms in total. The predicted molar refractivity (Wildman–Crippen MR) is 117 cm³/mol. The van der Waals surface area contributed by atoms with Gasteiger partial charge in [0.15, 0.2) is 0 Å². The molecule has 0 aliphatic carbocycles. The van der Waals surface area contributed by atoms with Gasteiger partial charge in [-0.25, -0.2) is 11.1 Å². The van der Waals surface area contributed by atoms with E-state index >= 15 is 0 Å². The van der Waals surface area contributed by atoms with Crippen molar-refractivity contribution in [3.05, 3.63) is 103 Å². The molecular formula is C27H15NY-2. The molecule has 0 saturated carbocycles. The normalized spacial score (nSPS) is 11.2. The Bertz CT molecular complexity index is 1500. The van der Waals surface area contributed by atoms with Crippen LogP contribution in [0.2, 0.25) is 0 Å². The van der Waals surface area contributed by atoms with Crippen molar-refractivity contribution in [1.82, 2.24) is 4.98 Å². The van der Waals surface area contributed by atoms with Gasteiger partial charge in [0.25, 0.3) is 0 Å². The van der Waals surface area contributed by atoms with E-state index in [1.807, 2.05) is 18.2 Å². The van der Waals surface area contributed by atoms with Crippen LogP contribution in [0.1, 0.15) is 0 Å². The third kappa shape index (κ3) is 3.15. The van der Waals surface area contributed by atoms with Gasteiger partial charge in [-0.15, -0.1) is 22.9 Å². The van der Waals surface area contributed by atoms with Gasteiger partial charge in [-0.2, -0.15) is 18.2 Å². The average Bonchev–Trinajstić information content (AvgIpc) is 2.75. The molecule has 0 unspecified atom stereocenters. The van der Waals surface area contributed by atoms with Gasteiger partial charge in [0, 0.05) is 32.7 Å². The van der Waals surface area contributed by atoms with Crippen LogP contribution in [0.5, 0.6) is 0 Å². The molecule has 0 bridgehead atoms. The van der Waals surface area contributed by atoms with E-state index in [4.69, 9.17) is 0 Å². The van der Waals surface area contributed by atoms with E-state index in [1.165, 1.54) is 43.1 Å². The van der Waals surface area contributed by atoms with Crippen molar-refractivity contribution in [3.8, 4) is 11.1 Å². The fourth-order valence-corrected chi connectivity index (χ4v) is 4.10. The summed E-state index contributed by atoms with van der Waals surface area (Å²) >= 11 is 0. The zero-order valence-electron chi connectivity index (χ0n) is 15.7. The van der Waals surface area contributed by atoms with Crippen LogP contribution in [0.15, 0.2) is 91.1 Å². The monoisotopic (exact) mass is 442 g/mol. The quantitative estimate of drug-likeness (QED) is 0.198. The van der Waals surface area contributed by atoms with Crippen LogP contribution in [0, 0.1) is 12.3 Å². The second-order valence-electron chi connectivity index (χ2n) is 7.20. The fourth-order valence-electron chi connectivity index (χ4n) is 4.10. The topological polar surface area (TPSA) is 12.9 Å². The summed E-state index contributed by atoms with van der Waals surface area (Å²) in [6.07, 6.45) is 4.84. The Morgan fingerprint density at radius 1 is 0.586 bits per heavy atom. The number of benzene rings is 5. The molecule has 29 heavy (non-hydrogen) atoms. The minimum Gasteiger partial charge on any atom is -0.371 e. The molecule has 0 spiro atoms. The number of aromatic nitrogens is 1. The summed E-state index contributed by atoms with van der Waals surface area (Å²) in [6.45, 7) is 0. The zero-order chi connectivity index (χ0) is 18.5. The maximum Gasteiger partial charge on any atom is 0 e. The van der Waals surface area contributed by atoms with Crippen molar-refractivity contribution < 1.29 is 32.7 Å². The summed E-state index contributed by atoms with van der Waals surface area (Å²) in [7, 11) is 0. The van der Waals surface area contributed by atoms with Crippen LogP contribution in [-0.2, 0) is 32.7 Å². The Morgan fingerprint density at radius 2 is 1.21 bits per heavy atom. The molecular weight excluding hydrogens is 427 g/mol. The van der Waals surface area contributed by atoms with Crippen molar-refractivity contribution in [3.63, 3.8) is 0 Å². The van der Waals surface area contributed by atoms with Gasteiger partial charge < -0.3 is 4.98 Å². The van der Waals surface area contributed by atoms with Gasteiger partial charge in [0.2, 0.25) is 0 Å². The Balaban J connectivity index is 0.00000181. The molecule has 1 radical (unpaired) electrons. The summed E-state index contributed by atoms with van der Waals surface area (Å²) in [5.41, 5.74) is 2.02. The van der Waals surface area contributed by atoms with E-state index in [1.54, 1.807) is 6.20 Å². The van der Waals surface area contributed by atoms with E-state index in [-0.39, 0.29) is 32.7 Å². The minimum atomic E-state index is 0. The summed E-state index contributed by atoms with van der Waals surface area (Å²) in [5.74, 6) is 0. The molecule has 0 amide bonds. The molecule has 0 fully saturated rings. The summed E-state index contributed by atoms with van der Waals surface area (Å²) < 4.78 is 0. The second-order valence-corrected chi connectivity index (χ2v) is 7.20. The van der Waals surface area contributed by atoms with Gasteiger partial charge in [-0.3, -0.25) is 0 Å². The third-order valence-corrected chi connectivity index (χ3v) is 5.47. The van der Waals surface area contributed by atoms with Crippen molar-refractivity contribution in [2.45, 2.75) is 0 Å². The number of hydrogen-bond donors (Lipinski definition) is 0. The smallest absolute Gasteiger partial charge is 0 e. The molecule has 133 valence electrons. The van der Waals surface area contributed by atoms with E-state index < -0.39 is 0 Å². The molecule has 0 atom stereocenters. The standard InChI is InChI=1S/C27H15N.Y/c1-2-6-19-12-23-15-25-16-27-20(13-24(25)14-22(23)11-18(19)5-1)7-3-9-26(27)21-8-4-10-28-17-21;/h1-8,10-16H;/q-2;. The van der Waals surface area contributed by atoms with Crippen LogP contribution < -0.4 is 0 Å². The van der Waals surface area contributed by atoms with Crippen LogP contribution in [-0.4, -0.2) is 4.98 Å². The van der Waals surface area contributed by atoms with Gasteiger partial charge in [0.1, 0.15) is 0 Å². The summed E-state index contributed by atoms with van der Waals surface area (Å²) in [4.78, 5) is 4.16. The maximum atomic E-state index is 4.16. The van der Waals surface area contributed by atoms with Crippen LogP contribution in [0.25, 0.3) is 54.2 Å². The molecule has 6 rings (SSSR count). The molecule has 0 N–H and O–H groups in total. The molecule has 0 aliphatic heterocycles. The van der Waals surface area contributed by atoms with Gasteiger partial charge in [0.05, 0.1) is 0 Å². The Hall–Kier alpha value is -2.61. The van der Waals surface area contributed by atoms with Crippen molar-refractivity contribution >= 4 is 43.1 Å². The van der Waals surface area contributed by atoms with Crippen LogP contribution in [0.3, 0.4) is 0 Å². The number of nitrogens with zero attached hydrogens (tertiary/aromatic N) is 1. The van der Waals surface area contributed by atoms with Gasteiger partial charge >= 0.3 is 0 Å². The minimum absolute atomic E-state index is 0. The number of hydrogen-bond acceptors (Lipinski definition) is 1. The van der Waals surface area contributed by atoms with E-state index in [9.17, 15) is 0 Å². The van der Waals surface area contributed by atoms with E-state index in [2.05, 4.69) is 84.0 Å². The molecule has 5 aromatic carbocycles. The number of fused-ring (bicyclic) bond motifs is 4. The molecule has 6 aromatic rings. The Kier molecular flexibility index (Phi) is 4.66. The molecule has 0 aliphatic rings. The SMILES string of the molecule is [Y].[c-]1ncccc1-c1[c-]ccc2cc3cc4cc5ccccc5cc4cc3cc12. The summed E-state index contributed by atoms with van der Waals surface area (Å²) in [5, 5.41) is 9.96. The zero-order valence-corrected chi connectivity index (χ0v) is 18.5. The summed E-state index contributed by atoms with van der Waals surface area (Å²) in [6, 6.07) is 33.7. The average molecular weight is 442 g/mol. The first-order valence-electron chi connectivity index (χ1n) is 9.39. The van der Waals surface area contributed by atoms with E-state index in [0.29, 0.717) is 0 Å². The molecule has 0 saturated heterocycles. The predicted octanol–water partition coefficient (Wildman–Crippen LogP) is 6.96. The first kappa shape index (κ1) is 18.4. The molecule has 2 heteroatoms. The first-order chi connectivity index (χ1) is 13.8. The molecule has 1 aromatic heterocycles. The fraction of sp³-hybridized carbons (Fsp3) is 0. The van der Waals surface area contributed by atoms with Crippen LogP contribution >= 0.6 is 0 Å². The van der Waals surface area contributed by atoms with Gasteiger partial charge in [-0.05, 0) is 56.6 Å². The van der Waals surface area contributed by atoms with Crippen molar-refractivity contribution in [2.24, 2.45) is 0 Å². The van der Waals surface area contributed by atoms with E-state index in [0.717, 1.165) is 11.1 Å². The molecule has 1 heterocycles. The Labute approximate surface area is 194 Å². The first-order valence-corrected chi connectivity index (χ1v) is 9.39. The van der Waals surface area contributed by atoms with Crippen LogP contribution in [0.4, 0.5) is 0 Å². The van der Waals surface area contributed by atoms with Crippen molar-refractivity contribution in [2.75, 3.05) is 0 Å². The van der Waals surface area contributed by atoms with Crippen molar-refractivity contribution in [1.29, 1.82) is 0 Å². The number of pyridine rings is 1. The Morgan fingerprint density at radius 3 is 1.86 bits per heavy atom. The number of rotatable bonds is 1.